The van der Waals surface area contributed by atoms with E-state index in [9.17, 15) is 19.2 Å². The first-order valence-corrected chi connectivity index (χ1v) is 13.0. The molecule has 8 nitrogen and oxygen atoms in total. The zero-order valence-electron chi connectivity index (χ0n) is 22.3. The Morgan fingerprint density at radius 1 is 0.692 bits per heavy atom. The second-order valence-electron chi connectivity index (χ2n) is 9.67. The first kappa shape index (κ1) is 29.1. The summed E-state index contributed by atoms with van der Waals surface area (Å²) < 4.78 is 5.29. The van der Waals surface area contributed by atoms with Gasteiger partial charge in [-0.15, -0.1) is 0 Å². The predicted molar refractivity (Wildman–Crippen MR) is 148 cm³/mol. The van der Waals surface area contributed by atoms with Crippen molar-refractivity contribution in [2.24, 2.45) is 5.92 Å². The van der Waals surface area contributed by atoms with Gasteiger partial charge in [0.15, 0.2) is 0 Å². The molecule has 0 bridgehead atoms. The number of ether oxygens (including phenoxy) is 1. The van der Waals surface area contributed by atoms with Gasteiger partial charge in [-0.3, -0.25) is 14.4 Å². The molecule has 0 aliphatic carbocycles. The van der Waals surface area contributed by atoms with Gasteiger partial charge >= 0.3 is 6.09 Å². The average molecular weight is 530 g/mol. The molecule has 3 aromatic carbocycles. The van der Waals surface area contributed by atoms with Crippen molar-refractivity contribution in [2.75, 3.05) is 0 Å². The Morgan fingerprint density at radius 3 is 1.79 bits per heavy atom. The van der Waals surface area contributed by atoms with E-state index in [2.05, 4.69) is 16.0 Å². The Kier molecular flexibility index (Phi) is 11.2. The van der Waals surface area contributed by atoms with Gasteiger partial charge in [0.1, 0.15) is 18.7 Å². The van der Waals surface area contributed by atoms with Crippen LogP contribution in [0.4, 0.5) is 4.79 Å². The summed E-state index contributed by atoms with van der Waals surface area (Å²) in [6.07, 6.45) is -0.304. The molecule has 0 heterocycles. The second-order valence-corrected chi connectivity index (χ2v) is 9.67. The molecule has 0 fully saturated rings. The predicted octanol–water partition coefficient (Wildman–Crippen LogP) is 3.94. The molecule has 0 saturated heterocycles. The van der Waals surface area contributed by atoms with E-state index in [1.807, 2.05) is 105 Å². The highest BCUT2D eigenvalue weighted by atomic mass is 16.5. The Hall–Kier alpha value is -4.46. The first-order valence-electron chi connectivity index (χ1n) is 13.0. The molecule has 0 aliphatic rings. The molecule has 0 radical (unpaired) electrons. The minimum absolute atomic E-state index is 0.0550. The van der Waals surface area contributed by atoms with Crippen LogP contribution in [0.2, 0.25) is 0 Å². The number of Topliss-reactive ketones (excluding diaryl/α,β-unsaturated/α-hetero) is 1. The highest BCUT2D eigenvalue weighted by Crippen LogP contribution is 2.10. The van der Waals surface area contributed by atoms with Crippen LogP contribution in [0.25, 0.3) is 0 Å². The normalized spacial score (nSPS) is 12.2. The first-order chi connectivity index (χ1) is 18.8. The largest absolute Gasteiger partial charge is 0.445 e. The molecule has 2 unspecified atom stereocenters. The van der Waals surface area contributed by atoms with Gasteiger partial charge in [-0.05, 0) is 29.0 Å². The number of alkyl carbamates (subject to hydrolysis) is 1. The summed E-state index contributed by atoms with van der Waals surface area (Å²) >= 11 is 0. The number of nitrogens with one attached hydrogen (secondary N) is 3. The quantitative estimate of drug-likeness (QED) is 0.290. The lowest BCUT2D eigenvalue weighted by atomic mass is 9.99. The third kappa shape index (κ3) is 10.1. The number of hydrogen-bond donors (Lipinski definition) is 3. The van der Waals surface area contributed by atoms with Crippen LogP contribution in [0.5, 0.6) is 0 Å². The minimum atomic E-state index is -1.12. The number of hydrogen-bond acceptors (Lipinski definition) is 5. The van der Waals surface area contributed by atoms with Crippen LogP contribution >= 0.6 is 0 Å². The van der Waals surface area contributed by atoms with Gasteiger partial charge in [-0.2, -0.15) is 0 Å². The second kappa shape index (κ2) is 15.1. The van der Waals surface area contributed by atoms with E-state index in [-0.39, 0.29) is 25.5 Å². The zero-order chi connectivity index (χ0) is 28.0. The average Bonchev–Trinajstić information content (AvgIpc) is 2.95. The standard InChI is InChI=1S/C31H35N3O5/c1-22(2)18-27(34-31(38)39-21-25-16-10-5-11-17-25)29(36)33-26(19-23-12-6-3-7-13-23)28(35)30(37)32-20-24-14-8-4-9-15-24/h3-17,22,26-27H,18-21H2,1-2H3,(H,32,37)(H,33,36)(H,34,38). The number of amides is 3. The fourth-order valence-electron chi connectivity index (χ4n) is 3.96. The Labute approximate surface area is 229 Å². The molecule has 3 rings (SSSR count). The van der Waals surface area contributed by atoms with Crippen molar-refractivity contribution in [1.29, 1.82) is 0 Å². The van der Waals surface area contributed by atoms with Gasteiger partial charge < -0.3 is 20.7 Å². The lowest BCUT2D eigenvalue weighted by Crippen LogP contribution is -2.54. The molecular weight excluding hydrogens is 494 g/mol. The molecular formula is C31H35N3O5. The van der Waals surface area contributed by atoms with Crippen LogP contribution in [0.3, 0.4) is 0 Å². The molecule has 204 valence electrons. The minimum Gasteiger partial charge on any atom is -0.445 e. The summed E-state index contributed by atoms with van der Waals surface area (Å²) in [5.41, 5.74) is 2.44. The molecule has 0 saturated carbocycles. The van der Waals surface area contributed by atoms with Crippen molar-refractivity contribution < 1.29 is 23.9 Å². The molecule has 3 amide bonds. The number of ketones is 1. The molecule has 8 heteroatoms. The van der Waals surface area contributed by atoms with Crippen LogP contribution in [0.1, 0.15) is 37.0 Å². The maximum Gasteiger partial charge on any atom is 0.408 e. The van der Waals surface area contributed by atoms with E-state index >= 15 is 0 Å². The Balaban J connectivity index is 1.68. The smallest absolute Gasteiger partial charge is 0.408 e. The van der Waals surface area contributed by atoms with E-state index in [4.69, 9.17) is 4.74 Å². The van der Waals surface area contributed by atoms with Crippen LogP contribution in [0.15, 0.2) is 91.0 Å². The fraction of sp³-hybridized carbons (Fsp3) is 0.290. The SMILES string of the molecule is CC(C)CC(NC(=O)OCc1ccccc1)C(=O)NC(Cc1ccccc1)C(=O)C(=O)NCc1ccccc1. The lowest BCUT2D eigenvalue weighted by molar-refractivity contribution is -0.140. The number of benzene rings is 3. The summed E-state index contributed by atoms with van der Waals surface area (Å²) in [6, 6.07) is 25.5. The van der Waals surface area contributed by atoms with Gasteiger partial charge in [0.25, 0.3) is 5.91 Å². The number of carbonyl (C=O) groups is 4. The molecule has 3 aromatic rings. The monoisotopic (exact) mass is 529 g/mol. The summed E-state index contributed by atoms with van der Waals surface area (Å²) in [5.74, 6) is -2.06. The van der Waals surface area contributed by atoms with Crippen molar-refractivity contribution in [3.05, 3.63) is 108 Å². The zero-order valence-corrected chi connectivity index (χ0v) is 22.3. The van der Waals surface area contributed by atoms with Crippen LogP contribution in [0, 0.1) is 5.92 Å². The molecule has 3 N–H and O–H groups in total. The number of rotatable bonds is 13. The van der Waals surface area contributed by atoms with E-state index < -0.39 is 35.8 Å². The third-order valence-electron chi connectivity index (χ3n) is 5.96. The molecule has 0 aromatic heterocycles. The molecule has 0 aliphatic heterocycles. The Bertz CT molecular complexity index is 1220. The third-order valence-corrected chi connectivity index (χ3v) is 5.96. The van der Waals surface area contributed by atoms with Gasteiger partial charge in [0.05, 0.1) is 0 Å². The van der Waals surface area contributed by atoms with Crippen LogP contribution < -0.4 is 16.0 Å². The van der Waals surface area contributed by atoms with Crippen molar-refractivity contribution >= 4 is 23.7 Å². The van der Waals surface area contributed by atoms with Crippen molar-refractivity contribution in [2.45, 2.75) is 51.9 Å². The van der Waals surface area contributed by atoms with Crippen molar-refractivity contribution in [3.63, 3.8) is 0 Å². The Morgan fingerprint density at radius 2 is 1.23 bits per heavy atom. The highest BCUT2D eigenvalue weighted by Gasteiger charge is 2.31. The highest BCUT2D eigenvalue weighted by molar-refractivity contribution is 6.38. The number of carbonyl (C=O) groups excluding carboxylic acids is 4. The van der Waals surface area contributed by atoms with E-state index in [1.54, 1.807) is 0 Å². The topological polar surface area (TPSA) is 114 Å². The summed E-state index contributed by atoms with van der Waals surface area (Å²) in [7, 11) is 0. The van der Waals surface area contributed by atoms with Gasteiger partial charge in [0, 0.05) is 13.0 Å². The molecule has 39 heavy (non-hydrogen) atoms. The van der Waals surface area contributed by atoms with Crippen molar-refractivity contribution in [1.82, 2.24) is 16.0 Å². The van der Waals surface area contributed by atoms with Gasteiger partial charge in [-0.25, -0.2) is 4.79 Å². The van der Waals surface area contributed by atoms with E-state index in [0.29, 0.717) is 6.42 Å². The fourth-order valence-corrected chi connectivity index (χ4v) is 3.96. The maximum atomic E-state index is 13.3. The van der Waals surface area contributed by atoms with E-state index in [1.165, 1.54) is 0 Å². The van der Waals surface area contributed by atoms with Gasteiger partial charge in [0.2, 0.25) is 11.7 Å². The molecule has 2 atom stereocenters. The summed E-state index contributed by atoms with van der Waals surface area (Å²) in [5, 5.41) is 7.96. The van der Waals surface area contributed by atoms with Crippen molar-refractivity contribution in [3.8, 4) is 0 Å². The van der Waals surface area contributed by atoms with Gasteiger partial charge in [-0.1, -0.05) is 105 Å². The molecule has 0 spiro atoms. The van der Waals surface area contributed by atoms with E-state index in [0.717, 1.165) is 16.7 Å². The summed E-state index contributed by atoms with van der Waals surface area (Å²) in [6.45, 7) is 4.07. The maximum absolute atomic E-state index is 13.3. The van der Waals surface area contributed by atoms with Crippen LogP contribution in [-0.4, -0.2) is 35.8 Å². The summed E-state index contributed by atoms with van der Waals surface area (Å²) in [4.78, 5) is 51.8. The van der Waals surface area contributed by atoms with Crippen LogP contribution in [-0.2, 0) is 38.7 Å². The lowest BCUT2D eigenvalue weighted by Gasteiger charge is -2.24.